The number of amides is 1. The van der Waals surface area contributed by atoms with Crippen molar-refractivity contribution in [1.29, 1.82) is 0 Å². The Labute approximate surface area is 109 Å². The van der Waals surface area contributed by atoms with Crippen molar-refractivity contribution in [2.75, 3.05) is 13.7 Å². The Morgan fingerprint density at radius 3 is 2.42 bits per heavy atom. The molecule has 0 heterocycles. The third kappa shape index (κ3) is 3.98. The third-order valence-corrected chi connectivity index (χ3v) is 2.15. The highest BCUT2D eigenvalue weighted by molar-refractivity contribution is 6.38. The number of methoxy groups -OCH3 is 1. The molecule has 7 nitrogen and oxygen atoms in total. The Kier molecular flexibility index (Phi) is 5.34. The van der Waals surface area contributed by atoms with Crippen molar-refractivity contribution < 1.29 is 24.3 Å². The van der Waals surface area contributed by atoms with Crippen molar-refractivity contribution in [2.45, 2.75) is 6.92 Å². The number of carbonyl (C=O) groups is 2. The van der Waals surface area contributed by atoms with Crippen molar-refractivity contribution >= 4 is 17.7 Å². The fourth-order valence-electron chi connectivity index (χ4n) is 1.24. The molecule has 0 saturated carbocycles. The number of hydrogen-bond donors (Lipinski definition) is 2. The lowest BCUT2D eigenvalue weighted by molar-refractivity contribution is -0.135. The van der Waals surface area contributed by atoms with Gasteiger partial charge in [-0.05, 0) is 31.2 Å². The van der Waals surface area contributed by atoms with Gasteiger partial charge in [0.2, 0.25) is 0 Å². The highest BCUT2D eigenvalue weighted by atomic mass is 16.5. The van der Waals surface area contributed by atoms with Gasteiger partial charge in [-0.1, -0.05) is 5.16 Å². The first-order valence-electron chi connectivity index (χ1n) is 5.47. The van der Waals surface area contributed by atoms with Crippen molar-refractivity contribution in [3.63, 3.8) is 0 Å². The minimum absolute atomic E-state index is 0.107. The van der Waals surface area contributed by atoms with Crippen molar-refractivity contribution in [3.8, 4) is 5.75 Å². The number of nitrogens with zero attached hydrogens (tertiary/aromatic N) is 1. The molecule has 1 aromatic carbocycles. The van der Waals surface area contributed by atoms with E-state index in [-0.39, 0.29) is 12.2 Å². The second-order valence-electron chi connectivity index (χ2n) is 3.35. The van der Waals surface area contributed by atoms with Gasteiger partial charge in [-0.25, -0.2) is 4.79 Å². The van der Waals surface area contributed by atoms with E-state index in [1.165, 1.54) is 19.2 Å². The van der Waals surface area contributed by atoms with E-state index in [0.717, 1.165) is 0 Å². The van der Waals surface area contributed by atoms with Crippen LogP contribution in [0.2, 0.25) is 0 Å². The minimum atomic E-state index is -0.910. The van der Waals surface area contributed by atoms with Gasteiger partial charge in [0.05, 0.1) is 13.7 Å². The maximum absolute atomic E-state index is 11.8. The smallest absolute Gasteiger partial charge is 0.377 e. The van der Waals surface area contributed by atoms with Gasteiger partial charge in [0.15, 0.2) is 0 Å². The van der Waals surface area contributed by atoms with Gasteiger partial charge in [-0.2, -0.15) is 0 Å². The Bertz CT molecular complexity index is 481. The maximum atomic E-state index is 11.8. The molecule has 0 aliphatic heterocycles. The number of oxime groups is 1. The molecule has 0 spiro atoms. The van der Waals surface area contributed by atoms with Crippen molar-refractivity contribution in [1.82, 2.24) is 5.32 Å². The van der Waals surface area contributed by atoms with Crippen LogP contribution in [0.15, 0.2) is 29.4 Å². The highest BCUT2D eigenvalue weighted by Crippen LogP contribution is 2.11. The molecular formula is C12H14N2O5. The summed E-state index contributed by atoms with van der Waals surface area (Å²) >= 11 is 0. The molecule has 0 bridgehead atoms. The van der Waals surface area contributed by atoms with Crippen LogP contribution in [0.4, 0.5) is 0 Å². The zero-order chi connectivity index (χ0) is 14.3. The van der Waals surface area contributed by atoms with E-state index >= 15 is 0 Å². The molecule has 2 N–H and O–H groups in total. The zero-order valence-electron chi connectivity index (χ0n) is 10.5. The van der Waals surface area contributed by atoms with E-state index in [1.807, 2.05) is 0 Å². The van der Waals surface area contributed by atoms with E-state index in [1.54, 1.807) is 19.1 Å². The van der Waals surface area contributed by atoms with Gasteiger partial charge in [0, 0.05) is 5.56 Å². The lowest BCUT2D eigenvalue weighted by atomic mass is 10.2. The van der Waals surface area contributed by atoms with Gasteiger partial charge in [0.1, 0.15) is 5.75 Å². The van der Waals surface area contributed by atoms with Crippen LogP contribution in [0.3, 0.4) is 0 Å². The molecule has 0 aliphatic carbocycles. The standard InChI is InChI=1S/C12H14N2O5/c1-3-19-12(16)10(14-17)13-11(15)8-4-6-9(18-2)7-5-8/h4-7,17H,3H2,1-2H3,(H,13,14,15). The molecule has 19 heavy (non-hydrogen) atoms. The van der Waals surface area contributed by atoms with Crippen LogP contribution in [0.5, 0.6) is 5.75 Å². The van der Waals surface area contributed by atoms with E-state index in [9.17, 15) is 9.59 Å². The summed E-state index contributed by atoms with van der Waals surface area (Å²) in [7, 11) is 1.51. The quantitative estimate of drug-likeness (QED) is 0.277. The molecule has 0 saturated heterocycles. The number of rotatable bonds is 3. The lowest BCUT2D eigenvalue weighted by Crippen LogP contribution is -2.37. The van der Waals surface area contributed by atoms with Crippen LogP contribution >= 0.6 is 0 Å². The molecule has 0 aliphatic rings. The van der Waals surface area contributed by atoms with Gasteiger partial charge < -0.3 is 14.7 Å². The molecule has 0 unspecified atom stereocenters. The Balaban J connectivity index is 2.74. The molecule has 0 radical (unpaired) electrons. The predicted molar refractivity (Wildman–Crippen MR) is 66.3 cm³/mol. The summed E-state index contributed by atoms with van der Waals surface area (Å²) in [5, 5.41) is 13.5. The van der Waals surface area contributed by atoms with Crippen LogP contribution in [-0.4, -0.2) is 36.6 Å². The first-order valence-corrected chi connectivity index (χ1v) is 5.47. The van der Waals surface area contributed by atoms with Crippen LogP contribution in [0.1, 0.15) is 17.3 Å². The van der Waals surface area contributed by atoms with Crippen LogP contribution < -0.4 is 10.1 Å². The summed E-state index contributed by atoms with van der Waals surface area (Å²) in [5.74, 6) is -1.48. The summed E-state index contributed by atoms with van der Waals surface area (Å²) in [6, 6.07) is 6.20. The monoisotopic (exact) mass is 266 g/mol. The zero-order valence-corrected chi connectivity index (χ0v) is 10.5. The number of hydrogen-bond acceptors (Lipinski definition) is 6. The third-order valence-electron chi connectivity index (χ3n) is 2.15. The number of nitrogens with one attached hydrogen (secondary N) is 1. The highest BCUT2D eigenvalue weighted by Gasteiger charge is 2.17. The lowest BCUT2D eigenvalue weighted by Gasteiger charge is -2.06. The van der Waals surface area contributed by atoms with Crippen LogP contribution in [-0.2, 0) is 9.53 Å². The second-order valence-corrected chi connectivity index (χ2v) is 3.35. The number of benzene rings is 1. The van der Waals surface area contributed by atoms with E-state index < -0.39 is 17.7 Å². The molecular weight excluding hydrogens is 252 g/mol. The van der Waals surface area contributed by atoms with Gasteiger partial charge in [-0.3, -0.25) is 10.1 Å². The first kappa shape index (κ1) is 14.5. The second kappa shape index (κ2) is 7.00. The topological polar surface area (TPSA) is 97.2 Å². The summed E-state index contributed by atoms with van der Waals surface area (Å²) in [6.45, 7) is 1.70. The van der Waals surface area contributed by atoms with E-state index in [2.05, 4.69) is 15.2 Å². The van der Waals surface area contributed by atoms with Crippen molar-refractivity contribution in [3.05, 3.63) is 29.8 Å². The normalized spacial score (nSPS) is 10.7. The fraction of sp³-hybridized carbons (Fsp3) is 0.250. The summed E-state index contributed by atoms with van der Waals surface area (Å²) < 4.78 is 9.56. The minimum Gasteiger partial charge on any atom is -0.497 e. The Morgan fingerprint density at radius 2 is 1.95 bits per heavy atom. The molecule has 1 aromatic rings. The fourth-order valence-corrected chi connectivity index (χ4v) is 1.24. The molecule has 1 amide bonds. The largest absolute Gasteiger partial charge is 0.497 e. The Hall–Kier alpha value is -2.57. The number of esters is 1. The number of amidine groups is 1. The SMILES string of the molecule is CCOC(=O)/C(=N\O)NC(=O)c1ccc(OC)cc1. The average Bonchev–Trinajstić information content (AvgIpc) is 2.44. The molecule has 7 heteroatoms. The summed E-state index contributed by atoms with van der Waals surface area (Å²) in [5.41, 5.74) is 0.284. The number of ether oxygens (including phenoxy) is 2. The molecule has 0 fully saturated rings. The first-order chi connectivity index (χ1) is 9.12. The van der Waals surface area contributed by atoms with Crippen LogP contribution in [0, 0.1) is 0 Å². The average molecular weight is 266 g/mol. The number of carbonyl (C=O) groups excluding carboxylic acids is 2. The maximum Gasteiger partial charge on any atom is 0.377 e. The predicted octanol–water partition coefficient (Wildman–Crippen LogP) is 0.776. The van der Waals surface area contributed by atoms with Gasteiger partial charge in [-0.15, -0.1) is 0 Å². The molecule has 1 rings (SSSR count). The van der Waals surface area contributed by atoms with Gasteiger partial charge in [0.25, 0.3) is 11.7 Å². The molecule has 0 aromatic heterocycles. The van der Waals surface area contributed by atoms with Crippen molar-refractivity contribution in [2.24, 2.45) is 5.16 Å². The van der Waals surface area contributed by atoms with E-state index in [0.29, 0.717) is 5.75 Å². The Morgan fingerprint density at radius 1 is 1.32 bits per heavy atom. The molecule has 0 atom stereocenters. The summed E-state index contributed by atoms with van der Waals surface area (Å²) in [4.78, 5) is 23.1. The van der Waals surface area contributed by atoms with Crippen LogP contribution in [0.25, 0.3) is 0 Å². The van der Waals surface area contributed by atoms with Gasteiger partial charge >= 0.3 is 5.97 Å². The van der Waals surface area contributed by atoms with E-state index in [4.69, 9.17) is 9.94 Å². The summed E-state index contributed by atoms with van der Waals surface area (Å²) in [6.07, 6.45) is 0. The molecule has 102 valence electrons.